The van der Waals surface area contributed by atoms with E-state index in [1.54, 1.807) is 0 Å². The van der Waals surface area contributed by atoms with Gasteiger partial charge in [0.25, 0.3) is 0 Å². The van der Waals surface area contributed by atoms with Gasteiger partial charge in [0.1, 0.15) is 5.78 Å². The number of hydrogen-bond donors (Lipinski definition) is 2. The second-order valence-corrected chi connectivity index (χ2v) is 1.40. The molecule has 3 nitrogen and oxygen atoms in total. The lowest BCUT2D eigenvalue weighted by atomic mass is 10.2. The molecule has 0 aliphatic heterocycles. The average molecular weight is 133 g/mol. The number of Topliss-reactive ketones (excluding diaryl/α,β-unsaturated/α-hetero) is 1. The van der Waals surface area contributed by atoms with Crippen LogP contribution in [0.3, 0.4) is 0 Å². The van der Waals surface area contributed by atoms with Gasteiger partial charge in [-0.1, -0.05) is 13.8 Å². The molecule has 0 spiro atoms. The van der Waals surface area contributed by atoms with Crippen LogP contribution in [0.15, 0.2) is 0 Å². The minimum atomic E-state index is -0.681. The van der Waals surface area contributed by atoms with Crippen LogP contribution in [0.4, 0.5) is 0 Å². The second-order valence-electron chi connectivity index (χ2n) is 1.40. The molecule has 1 atom stereocenters. The molecule has 0 aromatic heterocycles. The van der Waals surface area contributed by atoms with E-state index < -0.39 is 6.04 Å². The van der Waals surface area contributed by atoms with Crippen molar-refractivity contribution in [3.05, 3.63) is 0 Å². The summed E-state index contributed by atoms with van der Waals surface area (Å²) < 4.78 is 0. The summed E-state index contributed by atoms with van der Waals surface area (Å²) in [5.74, 6) is -0.178. The molecule has 0 aromatic rings. The maximum Gasteiger partial charge on any atom is 0.148 e. The Morgan fingerprint density at radius 1 is 1.67 bits per heavy atom. The Morgan fingerprint density at radius 2 is 2.00 bits per heavy atom. The fourth-order valence-electron chi connectivity index (χ4n) is 0.129. The third-order valence-electron chi connectivity index (χ3n) is 0.719. The molecule has 0 bridgehead atoms. The highest BCUT2D eigenvalue weighted by molar-refractivity contribution is 5.81. The Kier molecular flexibility index (Phi) is 9.61. The first-order valence-corrected chi connectivity index (χ1v) is 3.05. The summed E-state index contributed by atoms with van der Waals surface area (Å²) in [6.45, 7) is 5.09. The third-order valence-corrected chi connectivity index (χ3v) is 0.719. The molecule has 0 saturated heterocycles. The van der Waals surface area contributed by atoms with Gasteiger partial charge < -0.3 is 10.8 Å². The maximum atomic E-state index is 10.1. The van der Waals surface area contributed by atoms with E-state index in [2.05, 4.69) is 0 Å². The van der Waals surface area contributed by atoms with E-state index in [9.17, 15) is 4.79 Å². The Labute approximate surface area is 55.9 Å². The second kappa shape index (κ2) is 7.59. The molecule has 0 amide bonds. The summed E-state index contributed by atoms with van der Waals surface area (Å²) in [4.78, 5) is 10.1. The van der Waals surface area contributed by atoms with E-state index in [-0.39, 0.29) is 12.4 Å². The topological polar surface area (TPSA) is 63.3 Å². The Hall–Kier alpha value is -0.410. The van der Waals surface area contributed by atoms with Crippen molar-refractivity contribution in [2.75, 3.05) is 6.61 Å². The first-order chi connectivity index (χ1) is 4.18. The molecule has 9 heavy (non-hydrogen) atoms. The van der Waals surface area contributed by atoms with E-state index in [0.29, 0.717) is 0 Å². The number of aliphatic hydroxyl groups excluding tert-OH is 1. The molecular weight excluding hydrogens is 118 g/mol. The molecule has 0 rings (SSSR count). The van der Waals surface area contributed by atoms with Gasteiger partial charge in [0.05, 0.1) is 12.6 Å². The van der Waals surface area contributed by atoms with Crippen LogP contribution in [0, 0.1) is 0 Å². The minimum Gasteiger partial charge on any atom is -0.394 e. The Balaban J connectivity index is 0. The molecular formula is C6H15NO2. The smallest absolute Gasteiger partial charge is 0.148 e. The summed E-state index contributed by atoms with van der Waals surface area (Å²) in [7, 11) is 0. The number of carbonyl (C=O) groups excluding carboxylic acids is 1. The predicted octanol–water partition coefficient (Wildman–Crippen LogP) is -0.0788. The molecule has 0 aliphatic carbocycles. The molecule has 1 unspecified atom stereocenters. The maximum absolute atomic E-state index is 10.1. The summed E-state index contributed by atoms with van der Waals surface area (Å²) in [5.41, 5.74) is 5.02. The number of carbonyl (C=O) groups is 1. The molecule has 3 N–H and O–H groups in total. The van der Waals surface area contributed by atoms with Crippen LogP contribution in [0.5, 0.6) is 0 Å². The zero-order chi connectivity index (χ0) is 7.86. The lowest BCUT2D eigenvalue weighted by molar-refractivity contribution is -0.118. The van der Waals surface area contributed by atoms with Crippen LogP contribution >= 0.6 is 0 Å². The molecule has 0 radical (unpaired) electrons. The summed E-state index contributed by atoms with van der Waals surface area (Å²) in [6, 6.07) is -0.681. The van der Waals surface area contributed by atoms with E-state index in [0.717, 1.165) is 0 Å². The zero-order valence-electron chi connectivity index (χ0n) is 6.22. The first-order valence-electron chi connectivity index (χ1n) is 3.05. The van der Waals surface area contributed by atoms with Crippen molar-refractivity contribution in [1.29, 1.82) is 0 Å². The van der Waals surface area contributed by atoms with Crippen molar-refractivity contribution >= 4 is 5.78 Å². The van der Waals surface area contributed by atoms with Gasteiger partial charge in [-0.3, -0.25) is 4.79 Å². The van der Waals surface area contributed by atoms with Crippen LogP contribution < -0.4 is 5.73 Å². The van der Waals surface area contributed by atoms with Crippen molar-refractivity contribution in [3.63, 3.8) is 0 Å². The van der Waals surface area contributed by atoms with Crippen molar-refractivity contribution in [1.82, 2.24) is 0 Å². The summed E-state index contributed by atoms with van der Waals surface area (Å²) in [6.07, 6.45) is 0. The highest BCUT2D eigenvalue weighted by atomic mass is 16.3. The SMILES string of the molecule is CC.CC(=O)C(N)CO. The lowest BCUT2D eigenvalue weighted by Crippen LogP contribution is -2.31. The fourth-order valence-corrected chi connectivity index (χ4v) is 0.129. The van der Waals surface area contributed by atoms with Gasteiger partial charge in [-0.25, -0.2) is 0 Å². The van der Waals surface area contributed by atoms with Gasteiger partial charge in [-0.2, -0.15) is 0 Å². The number of nitrogens with two attached hydrogens (primary N) is 1. The minimum absolute atomic E-state index is 0.178. The molecule has 0 saturated carbocycles. The molecule has 0 aliphatic rings. The van der Waals surface area contributed by atoms with E-state index >= 15 is 0 Å². The van der Waals surface area contributed by atoms with Gasteiger partial charge in [0, 0.05) is 0 Å². The molecule has 0 fully saturated rings. The molecule has 0 aromatic carbocycles. The number of aliphatic hydroxyl groups is 1. The van der Waals surface area contributed by atoms with E-state index in [4.69, 9.17) is 10.8 Å². The quantitative estimate of drug-likeness (QED) is 0.554. The van der Waals surface area contributed by atoms with Crippen molar-refractivity contribution < 1.29 is 9.90 Å². The standard InChI is InChI=1S/C4H9NO2.C2H6/c1-3(7)4(5)2-6;1-2/h4,6H,2,5H2,1H3;1-2H3. The summed E-state index contributed by atoms with van der Waals surface area (Å²) in [5, 5.41) is 8.16. The van der Waals surface area contributed by atoms with Gasteiger partial charge in [0.2, 0.25) is 0 Å². The first kappa shape index (κ1) is 11.4. The van der Waals surface area contributed by atoms with Crippen LogP contribution in [-0.2, 0) is 4.79 Å². The van der Waals surface area contributed by atoms with Gasteiger partial charge in [-0.05, 0) is 6.92 Å². The van der Waals surface area contributed by atoms with Crippen LogP contribution in [0.25, 0.3) is 0 Å². The van der Waals surface area contributed by atoms with Crippen molar-refractivity contribution in [2.45, 2.75) is 26.8 Å². The predicted molar refractivity (Wildman–Crippen MR) is 37.1 cm³/mol. The van der Waals surface area contributed by atoms with Crippen LogP contribution in [-0.4, -0.2) is 23.5 Å². The molecule has 56 valence electrons. The lowest BCUT2D eigenvalue weighted by Gasteiger charge is -1.98. The van der Waals surface area contributed by atoms with Crippen LogP contribution in [0.2, 0.25) is 0 Å². The van der Waals surface area contributed by atoms with Crippen molar-refractivity contribution in [3.8, 4) is 0 Å². The average Bonchev–Trinajstić information content (AvgIpc) is 1.91. The van der Waals surface area contributed by atoms with Crippen LogP contribution in [0.1, 0.15) is 20.8 Å². The largest absolute Gasteiger partial charge is 0.394 e. The highest BCUT2D eigenvalue weighted by Gasteiger charge is 2.02. The number of hydrogen-bond acceptors (Lipinski definition) is 3. The number of rotatable bonds is 2. The molecule has 0 heterocycles. The normalized spacial score (nSPS) is 11.2. The van der Waals surface area contributed by atoms with E-state index in [1.807, 2.05) is 13.8 Å². The van der Waals surface area contributed by atoms with Crippen molar-refractivity contribution in [2.24, 2.45) is 5.73 Å². The van der Waals surface area contributed by atoms with E-state index in [1.165, 1.54) is 6.92 Å². The third kappa shape index (κ3) is 7.59. The Bertz CT molecular complexity index is 73.5. The fraction of sp³-hybridized carbons (Fsp3) is 0.833. The highest BCUT2D eigenvalue weighted by Crippen LogP contribution is 1.74. The van der Waals surface area contributed by atoms with Gasteiger partial charge >= 0.3 is 0 Å². The molecule has 3 heteroatoms. The number of ketones is 1. The zero-order valence-corrected chi connectivity index (χ0v) is 6.22. The summed E-state index contributed by atoms with van der Waals surface area (Å²) >= 11 is 0. The van der Waals surface area contributed by atoms with Gasteiger partial charge in [-0.15, -0.1) is 0 Å². The Morgan fingerprint density at radius 3 is 2.00 bits per heavy atom. The van der Waals surface area contributed by atoms with Gasteiger partial charge in [0.15, 0.2) is 0 Å². The monoisotopic (exact) mass is 133 g/mol.